The summed E-state index contributed by atoms with van der Waals surface area (Å²) in [6.07, 6.45) is 3.92. The number of nitrogens with zero attached hydrogens (tertiary/aromatic N) is 3. The summed E-state index contributed by atoms with van der Waals surface area (Å²) < 4.78 is 2.43. The van der Waals surface area contributed by atoms with Crippen molar-refractivity contribution >= 4 is 32.8 Å². The van der Waals surface area contributed by atoms with E-state index in [2.05, 4.69) is 126 Å². The molecule has 0 saturated carbocycles. The lowest BCUT2D eigenvalue weighted by molar-refractivity contribution is 1.18. The Labute approximate surface area is 237 Å². The molecule has 5 aromatic carbocycles. The minimum atomic E-state index is 0.889. The van der Waals surface area contributed by atoms with Crippen molar-refractivity contribution in [2.75, 3.05) is 0 Å². The zero-order valence-corrected chi connectivity index (χ0v) is 22.1. The van der Waals surface area contributed by atoms with E-state index in [9.17, 15) is 0 Å². The Hall–Kier alpha value is -5.54. The van der Waals surface area contributed by atoms with Crippen molar-refractivity contribution in [3.63, 3.8) is 0 Å². The van der Waals surface area contributed by atoms with E-state index in [1.807, 2.05) is 18.5 Å². The third-order valence-electron chi connectivity index (χ3n) is 8.46. The fourth-order valence-corrected chi connectivity index (χ4v) is 6.78. The number of para-hydroxylation sites is 2. The van der Waals surface area contributed by atoms with Crippen LogP contribution in [0.3, 0.4) is 0 Å². The van der Waals surface area contributed by atoms with Crippen LogP contribution in [0, 0.1) is 0 Å². The molecular weight excluding hydrogens is 498 g/mol. The first-order valence-electron chi connectivity index (χ1n) is 13.9. The maximum atomic E-state index is 4.97. The number of pyridine rings is 2. The van der Waals surface area contributed by atoms with Gasteiger partial charge in [0.2, 0.25) is 0 Å². The molecule has 0 saturated heterocycles. The Kier molecular flexibility index (Phi) is 4.61. The predicted octanol–water partition coefficient (Wildman–Crippen LogP) is 9.71. The normalized spacial score (nSPS) is 11.9. The minimum absolute atomic E-state index is 0.889. The second kappa shape index (κ2) is 8.48. The van der Waals surface area contributed by atoms with Crippen LogP contribution in [0.4, 0.5) is 0 Å². The number of aromatic nitrogens is 3. The largest absolute Gasteiger partial charge is 0.309 e. The quantitative estimate of drug-likeness (QED) is 0.215. The molecule has 190 valence electrons. The maximum Gasteiger partial charge on any atom is 0.0972 e. The average molecular weight is 522 g/mol. The van der Waals surface area contributed by atoms with E-state index in [0.717, 1.165) is 33.4 Å². The molecule has 0 amide bonds. The lowest BCUT2D eigenvalue weighted by Crippen LogP contribution is -2.04. The maximum absolute atomic E-state index is 4.97. The summed E-state index contributed by atoms with van der Waals surface area (Å²) in [5.74, 6) is 0. The monoisotopic (exact) mass is 521 g/mol. The van der Waals surface area contributed by atoms with Crippen LogP contribution >= 0.6 is 0 Å². The fraction of sp³-hybridized carbons (Fsp3) is 0. The van der Waals surface area contributed by atoms with Gasteiger partial charge in [0.15, 0.2) is 0 Å². The van der Waals surface area contributed by atoms with Crippen LogP contribution in [0.15, 0.2) is 140 Å². The molecule has 3 aromatic heterocycles. The average Bonchev–Trinajstić information content (AvgIpc) is 3.37. The molecular formula is C38H23N3. The molecule has 0 bridgehead atoms. The van der Waals surface area contributed by atoms with Gasteiger partial charge in [-0.3, -0.25) is 9.97 Å². The van der Waals surface area contributed by atoms with Crippen LogP contribution < -0.4 is 0 Å². The lowest BCUT2D eigenvalue weighted by Gasteiger charge is -2.26. The number of hydrogen-bond donors (Lipinski definition) is 0. The zero-order chi connectivity index (χ0) is 26.9. The highest BCUT2D eigenvalue weighted by molar-refractivity contribution is 6.14. The van der Waals surface area contributed by atoms with E-state index in [-0.39, 0.29) is 0 Å². The highest BCUT2D eigenvalue weighted by Gasteiger charge is 2.27. The van der Waals surface area contributed by atoms with Crippen LogP contribution in [0.2, 0.25) is 0 Å². The van der Waals surface area contributed by atoms with Crippen molar-refractivity contribution in [3.05, 3.63) is 140 Å². The molecule has 41 heavy (non-hydrogen) atoms. The van der Waals surface area contributed by atoms with Gasteiger partial charge in [-0.2, -0.15) is 0 Å². The summed E-state index contributed by atoms with van der Waals surface area (Å²) in [4.78, 5) is 9.89. The molecule has 1 aliphatic carbocycles. The van der Waals surface area contributed by atoms with Gasteiger partial charge in [0, 0.05) is 39.9 Å². The smallest absolute Gasteiger partial charge is 0.0972 e. The van der Waals surface area contributed by atoms with Gasteiger partial charge < -0.3 is 4.57 Å². The van der Waals surface area contributed by atoms with E-state index in [1.165, 1.54) is 49.6 Å². The van der Waals surface area contributed by atoms with Gasteiger partial charge in [-0.15, -0.1) is 0 Å². The van der Waals surface area contributed by atoms with Gasteiger partial charge in [0.25, 0.3) is 0 Å². The molecule has 0 spiro atoms. The van der Waals surface area contributed by atoms with Crippen LogP contribution in [-0.2, 0) is 0 Å². The molecule has 3 heterocycles. The molecule has 8 aromatic rings. The van der Waals surface area contributed by atoms with Gasteiger partial charge in [0.1, 0.15) is 0 Å². The Morgan fingerprint density at radius 3 is 1.66 bits per heavy atom. The van der Waals surface area contributed by atoms with Crippen molar-refractivity contribution in [2.24, 2.45) is 0 Å². The van der Waals surface area contributed by atoms with Crippen LogP contribution in [0.5, 0.6) is 0 Å². The molecule has 0 atom stereocenters. The van der Waals surface area contributed by atoms with E-state index < -0.39 is 0 Å². The van der Waals surface area contributed by atoms with Crippen molar-refractivity contribution in [1.29, 1.82) is 0 Å². The van der Waals surface area contributed by atoms with E-state index in [1.54, 1.807) is 0 Å². The molecule has 0 unspecified atom stereocenters. The summed E-state index contributed by atoms with van der Waals surface area (Å²) in [7, 11) is 0. The Balaban J connectivity index is 1.54. The molecule has 0 radical (unpaired) electrons. The van der Waals surface area contributed by atoms with Crippen molar-refractivity contribution < 1.29 is 0 Å². The zero-order valence-electron chi connectivity index (χ0n) is 22.1. The summed E-state index contributed by atoms with van der Waals surface area (Å²) in [5.41, 5.74) is 14.7. The third-order valence-corrected chi connectivity index (χ3v) is 8.46. The van der Waals surface area contributed by atoms with Crippen molar-refractivity contribution in [2.45, 2.75) is 0 Å². The third kappa shape index (κ3) is 3.09. The van der Waals surface area contributed by atoms with E-state index in [0.29, 0.717) is 0 Å². The van der Waals surface area contributed by atoms with Gasteiger partial charge in [-0.05, 0) is 58.1 Å². The van der Waals surface area contributed by atoms with Gasteiger partial charge in [-0.1, -0.05) is 97.1 Å². The first-order chi connectivity index (χ1) is 20.4. The molecule has 0 fully saturated rings. The summed E-state index contributed by atoms with van der Waals surface area (Å²) in [5, 5.41) is 2.49. The number of benzene rings is 5. The molecule has 0 N–H and O–H groups in total. The Morgan fingerprint density at radius 1 is 0.415 bits per heavy atom. The summed E-state index contributed by atoms with van der Waals surface area (Å²) in [6.45, 7) is 0. The molecule has 1 aliphatic rings. The topological polar surface area (TPSA) is 30.7 Å². The van der Waals surface area contributed by atoms with Crippen LogP contribution in [-0.4, -0.2) is 14.5 Å². The lowest BCUT2D eigenvalue weighted by atomic mass is 9.80. The Morgan fingerprint density at radius 2 is 0.976 bits per heavy atom. The highest BCUT2D eigenvalue weighted by Crippen LogP contribution is 2.51. The standard InChI is InChI=1S/C38H23N3/c1-3-13-26-24(11-1)25-12-2-4-14-27(25)31-23-40-32-18-10-22-39-38(32)37(31)36-30(26)17-9-21-35(36)41-33-19-7-5-15-28(33)29-16-6-8-20-34(29)41/h1-23H. The fourth-order valence-electron chi connectivity index (χ4n) is 6.78. The van der Waals surface area contributed by atoms with E-state index >= 15 is 0 Å². The second-order valence-electron chi connectivity index (χ2n) is 10.6. The van der Waals surface area contributed by atoms with Crippen LogP contribution in [0.1, 0.15) is 0 Å². The SMILES string of the molecule is c1ccc2c(c1)-c1ccccc1-c1cnc3cccnc3c1-c1c-2cccc1-n1c2ccccc2c2ccccc21. The molecule has 3 nitrogen and oxygen atoms in total. The summed E-state index contributed by atoms with van der Waals surface area (Å²) in [6, 6.07) is 45.6. The molecule has 3 heteroatoms. The number of hydrogen-bond acceptors (Lipinski definition) is 2. The number of fused-ring (bicyclic) bond motifs is 13. The van der Waals surface area contributed by atoms with Crippen molar-refractivity contribution in [3.8, 4) is 50.2 Å². The summed E-state index contributed by atoms with van der Waals surface area (Å²) >= 11 is 0. The van der Waals surface area contributed by atoms with Gasteiger partial charge >= 0.3 is 0 Å². The first kappa shape index (κ1) is 22.3. The Bertz CT molecular complexity index is 2270. The van der Waals surface area contributed by atoms with Gasteiger partial charge in [0.05, 0.1) is 27.8 Å². The number of rotatable bonds is 1. The van der Waals surface area contributed by atoms with E-state index in [4.69, 9.17) is 9.97 Å². The molecule has 9 rings (SSSR count). The second-order valence-corrected chi connectivity index (χ2v) is 10.6. The van der Waals surface area contributed by atoms with Crippen molar-refractivity contribution in [1.82, 2.24) is 14.5 Å². The van der Waals surface area contributed by atoms with Gasteiger partial charge in [-0.25, -0.2) is 0 Å². The predicted molar refractivity (Wildman–Crippen MR) is 169 cm³/mol. The minimum Gasteiger partial charge on any atom is -0.309 e. The first-order valence-corrected chi connectivity index (χ1v) is 13.9. The van der Waals surface area contributed by atoms with Crippen LogP contribution in [0.25, 0.3) is 83.0 Å². The molecule has 0 aliphatic heterocycles. The highest BCUT2D eigenvalue weighted by atomic mass is 15.0.